The molecule has 1 N–H and O–H groups in total. The lowest BCUT2D eigenvalue weighted by molar-refractivity contribution is -0.113. The zero-order valence-electron chi connectivity index (χ0n) is 17.7. The largest absolute Gasteiger partial charge is 0.353 e. The molecular weight excluding hydrogens is 428 g/mol. The van der Waals surface area contributed by atoms with E-state index in [4.69, 9.17) is 11.6 Å². The van der Waals surface area contributed by atoms with Gasteiger partial charge < -0.3 is 5.32 Å². The number of hydrogen-bond acceptors (Lipinski definition) is 5. The summed E-state index contributed by atoms with van der Waals surface area (Å²) in [4.78, 5) is 25.1. The van der Waals surface area contributed by atoms with E-state index in [9.17, 15) is 14.9 Å². The van der Waals surface area contributed by atoms with Crippen LogP contribution in [0.4, 0.5) is 0 Å². The van der Waals surface area contributed by atoms with Crippen molar-refractivity contribution in [3.05, 3.63) is 92.1 Å². The number of benzene rings is 2. The Morgan fingerprint density at radius 2 is 1.77 bits per heavy atom. The average Bonchev–Trinajstić information content (AvgIpc) is 2.77. The third-order valence-electron chi connectivity index (χ3n) is 5.26. The van der Waals surface area contributed by atoms with Crippen LogP contribution in [0, 0.1) is 11.3 Å². The van der Waals surface area contributed by atoms with Crippen LogP contribution in [-0.4, -0.2) is 17.3 Å². The quantitative estimate of drug-likeness (QED) is 0.539. The van der Waals surface area contributed by atoms with E-state index in [1.165, 1.54) is 24.2 Å². The van der Waals surface area contributed by atoms with Crippen LogP contribution in [0.1, 0.15) is 48.2 Å². The SMILES string of the molecule is CCc1ccc(C(=O)CSC2=C(C#N)C(c3ccc(Cl)cc3)C(C(C)=O)=C(C)N2)cc1. The molecule has 1 aliphatic rings. The lowest BCUT2D eigenvalue weighted by Gasteiger charge is -2.29. The summed E-state index contributed by atoms with van der Waals surface area (Å²) in [5, 5.41) is 14.3. The Morgan fingerprint density at radius 3 is 2.32 bits per heavy atom. The summed E-state index contributed by atoms with van der Waals surface area (Å²) >= 11 is 7.32. The van der Waals surface area contributed by atoms with E-state index < -0.39 is 5.92 Å². The van der Waals surface area contributed by atoms with E-state index in [1.54, 1.807) is 12.1 Å². The van der Waals surface area contributed by atoms with Crippen molar-refractivity contribution in [2.75, 3.05) is 5.75 Å². The molecule has 31 heavy (non-hydrogen) atoms. The van der Waals surface area contributed by atoms with Crippen LogP contribution >= 0.6 is 23.4 Å². The van der Waals surface area contributed by atoms with Crippen LogP contribution in [0.5, 0.6) is 0 Å². The van der Waals surface area contributed by atoms with E-state index in [2.05, 4.69) is 18.3 Å². The van der Waals surface area contributed by atoms with Crippen LogP contribution in [0.2, 0.25) is 5.02 Å². The Bertz CT molecular complexity index is 1110. The van der Waals surface area contributed by atoms with Crippen molar-refractivity contribution in [3.63, 3.8) is 0 Å². The molecule has 6 heteroatoms. The minimum Gasteiger partial charge on any atom is -0.353 e. The van der Waals surface area contributed by atoms with Gasteiger partial charge in [-0.2, -0.15) is 5.26 Å². The second kappa shape index (κ2) is 10.00. The van der Waals surface area contributed by atoms with Gasteiger partial charge in [-0.05, 0) is 43.5 Å². The second-order valence-electron chi connectivity index (χ2n) is 7.32. The molecular formula is C25H23ClN2O2S. The molecule has 1 atom stereocenters. The minimum absolute atomic E-state index is 0.0127. The van der Waals surface area contributed by atoms with Gasteiger partial charge >= 0.3 is 0 Å². The van der Waals surface area contributed by atoms with Gasteiger partial charge in [0.1, 0.15) is 0 Å². The molecule has 4 nitrogen and oxygen atoms in total. The zero-order chi connectivity index (χ0) is 22.5. The van der Waals surface area contributed by atoms with Gasteiger partial charge in [-0.25, -0.2) is 0 Å². The van der Waals surface area contributed by atoms with E-state index in [0.717, 1.165) is 12.0 Å². The number of allylic oxidation sites excluding steroid dienone is 3. The molecule has 0 aromatic heterocycles. The third-order valence-corrected chi connectivity index (χ3v) is 6.53. The molecule has 1 aliphatic heterocycles. The molecule has 1 unspecified atom stereocenters. The van der Waals surface area contributed by atoms with Crippen molar-refractivity contribution in [2.45, 2.75) is 33.1 Å². The smallest absolute Gasteiger partial charge is 0.173 e. The molecule has 158 valence electrons. The fourth-order valence-electron chi connectivity index (χ4n) is 3.63. The molecule has 0 amide bonds. The molecule has 2 aromatic rings. The van der Waals surface area contributed by atoms with Gasteiger partial charge in [-0.3, -0.25) is 9.59 Å². The number of halogens is 1. The van der Waals surface area contributed by atoms with Gasteiger partial charge in [0, 0.05) is 21.9 Å². The third kappa shape index (κ3) is 5.10. The monoisotopic (exact) mass is 450 g/mol. The summed E-state index contributed by atoms with van der Waals surface area (Å²) in [7, 11) is 0. The first-order chi connectivity index (χ1) is 14.8. The van der Waals surface area contributed by atoms with E-state index >= 15 is 0 Å². The minimum atomic E-state index is -0.498. The summed E-state index contributed by atoms with van der Waals surface area (Å²) in [5.41, 5.74) is 4.30. The van der Waals surface area contributed by atoms with Crippen molar-refractivity contribution < 1.29 is 9.59 Å². The lowest BCUT2D eigenvalue weighted by atomic mass is 9.81. The molecule has 0 aliphatic carbocycles. The predicted molar refractivity (Wildman–Crippen MR) is 126 cm³/mol. The molecule has 2 aromatic carbocycles. The van der Waals surface area contributed by atoms with Crippen molar-refractivity contribution in [2.24, 2.45) is 0 Å². The van der Waals surface area contributed by atoms with Crippen molar-refractivity contribution in [3.8, 4) is 6.07 Å². The molecule has 0 radical (unpaired) electrons. The highest BCUT2D eigenvalue weighted by atomic mass is 35.5. The number of aryl methyl sites for hydroxylation is 1. The summed E-state index contributed by atoms with van der Waals surface area (Å²) in [6.07, 6.45) is 0.918. The molecule has 0 bridgehead atoms. The molecule has 0 saturated carbocycles. The zero-order valence-corrected chi connectivity index (χ0v) is 19.2. The van der Waals surface area contributed by atoms with Gasteiger partial charge in [0.2, 0.25) is 0 Å². The van der Waals surface area contributed by atoms with E-state index in [-0.39, 0.29) is 17.3 Å². The van der Waals surface area contributed by atoms with E-state index in [0.29, 0.717) is 32.5 Å². The number of nitrogens with one attached hydrogen (secondary N) is 1. The van der Waals surface area contributed by atoms with Gasteiger partial charge in [-0.15, -0.1) is 0 Å². The van der Waals surface area contributed by atoms with Gasteiger partial charge in [-0.1, -0.05) is 66.7 Å². The molecule has 0 spiro atoms. The lowest BCUT2D eigenvalue weighted by Crippen LogP contribution is -2.27. The maximum atomic E-state index is 12.7. The number of hydrogen-bond donors (Lipinski definition) is 1. The van der Waals surface area contributed by atoms with Crippen LogP contribution in [0.15, 0.2) is 70.4 Å². The maximum Gasteiger partial charge on any atom is 0.173 e. The van der Waals surface area contributed by atoms with Gasteiger partial charge in [0.25, 0.3) is 0 Å². The Morgan fingerprint density at radius 1 is 1.13 bits per heavy atom. The topological polar surface area (TPSA) is 70.0 Å². The standard InChI is InChI=1S/C25H23ClN2O2S/c1-4-17-5-7-18(8-6-17)22(30)14-31-25-21(13-27)24(19-9-11-20(26)12-10-19)23(16(3)29)15(2)28-25/h5-12,24,28H,4,14H2,1-3H3. The Hall–Kier alpha value is -2.81. The first-order valence-electron chi connectivity index (χ1n) is 9.99. The molecule has 0 saturated heterocycles. The van der Waals surface area contributed by atoms with Gasteiger partial charge in [0.05, 0.1) is 28.3 Å². The number of thioether (sulfide) groups is 1. The number of nitriles is 1. The van der Waals surface area contributed by atoms with Crippen LogP contribution in [0.3, 0.4) is 0 Å². The number of carbonyl (C=O) groups excluding carboxylic acids is 2. The fraction of sp³-hybridized carbons (Fsp3) is 0.240. The summed E-state index contributed by atoms with van der Waals surface area (Å²) in [6, 6.07) is 17.0. The van der Waals surface area contributed by atoms with Gasteiger partial charge in [0.15, 0.2) is 11.6 Å². The number of rotatable bonds is 7. The highest BCUT2D eigenvalue weighted by Gasteiger charge is 2.33. The normalized spacial score (nSPS) is 16.0. The first-order valence-corrected chi connectivity index (χ1v) is 11.4. The highest BCUT2D eigenvalue weighted by Crippen LogP contribution is 2.41. The summed E-state index contributed by atoms with van der Waals surface area (Å²) < 4.78 is 0. The number of dihydropyridines is 1. The number of ketones is 2. The van der Waals surface area contributed by atoms with Crippen LogP contribution < -0.4 is 5.32 Å². The second-order valence-corrected chi connectivity index (χ2v) is 8.74. The first kappa shape index (κ1) is 22.9. The Balaban J connectivity index is 1.91. The highest BCUT2D eigenvalue weighted by molar-refractivity contribution is 8.03. The number of Topliss-reactive ketones (excluding diaryl/α,β-unsaturated/α-hetero) is 2. The van der Waals surface area contributed by atoms with E-state index in [1.807, 2.05) is 43.3 Å². The maximum absolute atomic E-state index is 12.7. The summed E-state index contributed by atoms with van der Waals surface area (Å²) in [6.45, 7) is 5.39. The summed E-state index contributed by atoms with van der Waals surface area (Å²) in [5.74, 6) is -0.424. The fourth-order valence-corrected chi connectivity index (χ4v) is 4.74. The molecule has 0 fully saturated rings. The Labute approximate surface area is 192 Å². The van der Waals surface area contributed by atoms with Crippen LogP contribution in [0.25, 0.3) is 0 Å². The van der Waals surface area contributed by atoms with Crippen molar-refractivity contribution in [1.82, 2.24) is 5.32 Å². The predicted octanol–water partition coefficient (Wildman–Crippen LogP) is 5.80. The molecule has 3 rings (SSSR count). The van der Waals surface area contributed by atoms with Crippen molar-refractivity contribution in [1.29, 1.82) is 5.26 Å². The molecule has 1 heterocycles. The van der Waals surface area contributed by atoms with Crippen LogP contribution in [-0.2, 0) is 11.2 Å². The average molecular weight is 451 g/mol. The van der Waals surface area contributed by atoms with Crippen molar-refractivity contribution >= 4 is 34.9 Å². The number of nitrogens with zero attached hydrogens (tertiary/aromatic N) is 1. The number of carbonyl (C=O) groups is 2. The Kier molecular flexibility index (Phi) is 7.37.